The maximum Gasteiger partial charge on any atom is 0.270 e. The first-order valence-corrected chi connectivity index (χ1v) is 8.29. The van der Waals surface area contributed by atoms with Crippen LogP contribution in [-0.4, -0.2) is 21.7 Å². The summed E-state index contributed by atoms with van der Waals surface area (Å²) in [4.78, 5) is 22.4. The zero-order valence-electron chi connectivity index (χ0n) is 12.8. The lowest BCUT2D eigenvalue weighted by molar-refractivity contribution is -0.384. The van der Waals surface area contributed by atoms with E-state index in [0.29, 0.717) is 5.56 Å². The van der Waals surface area contributed by atoms with Crippen LogP contribution in [0.2, 0.25) is 5.02 Å². The number of carbonyl (C=O) groups excluding carboxylic acids is 1. The van der Waals surface area contributed by atoms with Gasteiger partial charge >= 0.3 is 0 Å². The molecule has 3 rings (SSSR count). The SMILES string of the molecule is CC(=O)N1N=C(c2cc([N+](=O)[O-])ccc2Cl)OC1c1ccc(Br)cc1. The largest absolute Gasteiger partial charge is 0.446 e. The van der Waals surface area contributed by atoms with E-state index in [-0.39, 0.29) is 28.1 Å². The number of benzene rings is 2. The molecule has 1 aliphatic heterocycles. The summed E-state index contributed by atoms with van der Waals surface area (Å²) in [6, 6.07) is 11.2. The van der Waals surface area contributed by atoms with Gasteiger partial charge in [-0.3, -0.25) is 14.9 Å². The van der Waals surface area contributed by atoms with Crippen LogP contribution in [0.25, 0.3) is 0 Å². The second-order valence-corrected chi connectivity index (χ2v) is 6.53. The average Bonchev–Trinajstić information content (AvgIpc) is 3.01. The molecule has 0 aliphatic carbocycles. The number of carbonyl (C=O) groups is 1. The standard InChI is InChI=1S/C16H11BrClN3O4/c1-9(22)20-16(10-2-4-11(17)5-3-10)25-15(19-20)13-8-12(21(23)24)6-7-14(13)18/h2-8,16H,1H3. The second-order valence-electron chi connectivity index (χ2n) is 5.21. The zero-order chi connectivity index (χ0) is 18.1. The van der Waals surface area contributed by atoms with Crippen LogP contribution in [0.15, 0.2) is 52.0 Å². The summed E-state index contributed by atoms with van der Waals surface area (Å²) in [7, 11) is 0. The Balaban J connectivity index is 2.00. The van der Waals surface area contributed by atoms with Gasteiger partial charge in [0.1, 0.15) is 0 Å². The molecule has 1 unspecified atom stereocenters. The minimum atomic E-state index is -0.768. The summed E-state index contributed by atoms with van der Waals surface area (Å²) < 4.78 is 6.68. The van der Waals surface area contributed by atoms with Crippen LogP contribution in [0.5, 0.6) is 0 Å². The number of hydrogen-bond acceptors (Lipinski definition) is 5. The lowest BCUT2D eigenvalue weighted by Gasteiger charge is -2.19. The number of rotatable bonds is 3. The molecule has 1 amide bonds. The molecule has 0 saturated carbocycles. The van der Waals surface area contributed by atoms with Gasteiger partial charge in [-0.2, -0.15) is 5.01 Å². The van der Waals surface area contributed by atoms with Crippen molar-refractivity contribution in [1.82, 2.24) is 5.01 Å². The fraction of sp³-hybridized carbons (Fsp3) is 0.125. The normalized spacial score (nSPS) is 16.4. The quantitative estimate of drug-likeness (QED) is 0.544. The molecule has 0 aromatic heterocycles. The topological polar surface area (TPSA) is 85.0 Å². The fourth-order valence-electron chi connectivity index (χ4n) is 2.31. The van der Waals surface area contributed by atoms with Crippen molar-refractivity contribution in [3.05, 3.63) is 73.2 Å². The van der Waals surface area contributed by atoms with Gasteiger partial charge in [0.25, 0.3) is 5.69 Å². The molecule has 9 heteroatoms. The van der Waals surface area contributed by atoms with E-state index in [0.717, 1.165) is 4.47 Å². The highest BCUT2D eigenvalue weighted by molar-refractivity contribution is 9.10. The average molecular weight is 425 g/mol. The molecule has 0 spiro atoms. The highest BCUT2D eigenvalue weighted by atomic mass is 79.9. The van der Waals surface area contributed by atoms with Crippen molar-refractivity contribution in [2.75, 3.05) is 0 Å². The Kier molecular flexibility index (Phi) is 4.73. The third-order valence-corrected chi connectivity index (χ3v) is 4.37. The Bertz CT molecular complexity index is 885. The number of nitro benzene ring substituents is 1. The molecule has 1 aliphatic rings. The van der Waals surface area contributed by atoms with Crippen molar-refractivity contribution >= 4 is 45.0 Å². The molecular weight excluding hydrogens is 414 g/mol. The molecule has 1 atom stereocenters. The van der Waals surface area contributed by atoms with Crippen LogP contribution in [0, 0.1) is 10.1 Å². The van der Waals surface area contributed by atoms with Gasteiger partial charge in [0, 0.05) is 29.1 Å². The summed E-state index contributed by atoms with van der Waals surface area (Å²) in [6.45, 7) is 1.36. The van der Waals surface area contributed by atoms with Gasteiger partial charge < -0.3 is 4.74 Å². The van der Waals surface area contributed by atoms with Crippen LogP contribution < -0.4 is 0 Å². The van der Waals surface area contributed by atoms with Gasteiger partial charge in [0.05, 0.1) is 15.5 Å². The monoisotopic (exact) mass is 423 g/mol. The molecule has 7 nitrogen and oxygen atoms in total. The van der Waals surface area contributed by atoms with Crippen molar-refractivity contribution < 1.29 is 14.5 Å². The first-order chi connectivity index (χ1) is 11.9. The van der Waals surface area contributed by atoms with Crippen LogP contribution >= 0.6 is 27.5 Å². The molecule has 128 valence electrons. The van der Waals surface area contributed by atoms with Crippen LogP contribution in [0.1, 0.15) is 24.3 Å². The molecule has 2 aromatic rings. The van der Waals surface area contributed by atoms with Gasteiger partial charge in [0.15, 0.2) is 0 Å². The lowest BCUT2D eigenvalue weighted by Crippen LogP contribution is -2.25. The van der Waals surface area contributed by atoms with E-state index in [4.69, 9.17) is 16.3 Å². The number of hydrogen-bond donors (Lipinski definition) is 0. The number of nitrogens with zero attached hydrogens (tertiary/aromatic N) is 3. The highest BCUT2D eigenvalue weighted by Crippen LogP contribution is 2.33. The van der Waals surface area contributed by atoms with Gasteiger partial charge in [-0.1, -0.05) is 39.7 Å². The van der Waals surface area contributed by atoms with Gasteiger partial charge in [0.2, 0.25) is 18.0 Å². The van der Waals surface area contributed by atoms with E-state index >= 15 is 0 Å². The Morgan fingerprint density at radius 3 is 2.60 bits per heavy atom. The van der Waals surface area contributed by atoms with E-state index in [9.17, 15) is 14.9 Å². The number of non-ortho nitro benzene ring substituents is 1. The molecule has 0 bridgehead atoms. The third-order valence-electron chi connectivity index (χ3n) is 3.51. The second kappa shape index (κ2) is 6.81. The fourth-order valence-corrected chi connectivity index (χ4v) is 2.77. The van der Waals surface area contributed by atoms with Crippen molar-refractivity contribution in [2.45, 2.75) is 13.2 Å². The maximum absolute atomic E-state index is 11.9. The van der Waals surface area contributed by atoms with Crippen molar-refractivity contribution in [1.29, 1.82) is 0 Å². The molecule has 0 radical (unpaired) electrons. The van der Waals surface area contributed by atoms with E-state index in [1.807, 2.05) is 12.1 Å². The Morgan fingerprint density at radius 2 is 2.00 bits per heavy atom. The zero-order valence-corrected chi connectivity index (χ0v) is 15.2. The smallest absolute Gasteiger partial charge is 0.270 e. The Labute approximate surface area is 156 Å². The summed E-state index contributed by atoms with van der Waals surface area (Å²) in [6.07, 6.45) is -0.768. The van der Waals surface area contributed by atoms with Crippen LogP contribution in [0.3, 0.4) is 0 Å². The number of hydrazone groups is 1. The minimum Gasteiger partial charge on any atom is -0.446 e. The summed E-state index contributed by atoms with van der Waals surface area (Å²) in [5.74, 6) is -0.277. The van der Waals surface area contributed by atoms with Gasteiger partial charge in [-0.05, 0) is 18.2 Å². The van der Waals surface area contributed by atoms with E-state index in [1.165, 1.54) is 30.1 Å². The third kappa shape index (κ3) is 3.49. The van der Waals surface area contributed by atoms with Crippen molar-refractivity contribution in [3.8, 4) is 0 Å². The highest BCUT2D eigenvalue weighted by Gasteiger charge is 2.34. The van der Waals surface area contributed by atoms with Crippen molar-refractivity contribution in [3.63, 3.8) is 0 Å². The van der Waals surface area contributed by atoms with Crippen molar-refractivity contribution in [2.24, 2.45) is 5.10 Å². The number of nitro groups is 1. The van der Waals surface area contributed by atoms with E-state index in [1.54, 1.807) is 12.1 Å². The Morgan fingerprint density at radius 1 is 1.32 bits per heavy atom. The van der Waals surface area contributed by atoms with Gasteiger partial charge in [-0.15, -0.1) is 5.10 Å². The maximum atomic E-state index is 11.9. The van der Waals surface area contributed by atoms with Crippen LogP contribution in [-0.2, 0) is 9.53 Å². The predicted molar refractivity (Wildman–Crippen MR) is 95.1 cm³/mol. The summed E-state index contributed by atoms with van der Waals surface area (Å²) >= 11 is 9.48. The summed E-state index contributed by atoms with van der Waals surface area (Å²) in [5, 5.41) is 16.6. The Hall–Kier alpha value is -2.45. The van der Waals surface area contributed by atoms with Crippen LogP contribution in [0.4, 0.5) is 5.69 Å². The molecular formula is C16H11BrClN3O4. The first-order valence-electron chi connectivity index (χ1n) is 7.11. The van der Waals surface area contributed by atoms with E-state index in [2.05, 4.69) is 21.0 Å². The minimum absolute atomic E-state index is 0.0526. The molecule has 25 heavy (non-hydrogen) atoms. The molecule has 0 saturated heterocycles. The molecule has 1 heterocycles. The van der Waals surface area contributed by atoms with Gasteiger partial charge in [-0.25, -0.2) is 0 Å². The van der Waals surface area contributed by atoms with E-state index < -0.39 is 11.2 Å². The first kappa shape index (κ1) is 17.4. The molecule has 0 N–H and O–H groups in total. The number of amides is 1. The molecule has 2 aromatic carbocycles. The number of ether oxygens (including phenoxy) is 1. The predicted octanol–water partition coefficient (Wildman–Crippen LogP) is 4.25. The lowest BCUT2D eigenvalue weighted by atomic mass is 10.2. The molecule has 0 fully saturated rings. The number of halogens is 2. The summed E-state index contributed by atoms with van der Waals surface area (Å²) in [5.41, 5.74) is 0.813.